The number of hydrogen-bond donors (Lipinski definition) is 1. The molecule has 3 aromatic rings. The van der Waals surface area contributed by atoms with Crippen molar-refractivity contribution < 1.29 is 35.2 Å². The number of rotatable bonds is 6. The smallest absolute Gasteiger partial charge is 0.351 e. The summed E-state index contributed by atoms with van der Waals surface area (Å²) in [5, 5.41) is 2.59. The summed E-state index contributed by atoms with van der Waals surface area (Å²) in [6, 6.07) is 4.49. The maximum absolute atomic E-state index is 14.5. The summed E-state index contributed by atoms with van der Waals surface area (Å²) in [5.74, 6) is -3.68. The number of carbonyl (C=O) groups is 1. The van der Waals surface area contributed by atoms with Crippen molar-refractivity contribution in [1.29, 1.82) is 0 Å². The van der Waals surface area contributed by atoms with Crippen LogP contribution in [0.5, 0.6) is 0 Å². The Kier molecular flexibility index (Phi) is 6.45. The SMILES string of the molecule is CC1(C)[C@@H]2[C@@H](C(=O)NCc3cc(-c4cnc(C(F)(F)F)nc4)ncc3F)N(S(=O)(=O)c3ccc(F)cc3)C[C@@H]21. The van der Waals surface area contributed by atoms with E-state index < -0.39 is 45.6 Å². The highest BCUT2D eigenvalue weighted by molar-refractivity contribution is 7.89. The Morgan fingerprint density at radius 1 is 1.08 bits per heavy atom. The van der Waals surface area contributed by atoms with Crippen molar-refractivity contribution in [3.63, 3.8) is 0 Å². The van der Waals surface area contributed by atoms with Crippen LogP contribution < -0.4 is 5.32 Å². The molecule has 0 unspecified atom stereocenters. The van der Waals surface area contributed by atoms with Gasteiger partial charge in [-0.2, -0.15) is 17.5 Å². The van der Waals surface area contributed by atoms with Crippen LogP contribution in [0.25, 0.3) is 11.3 Å². The molecule has 2 aromatic heterocycles. The molecule has 2 fully saturated rings. The number of benzene rings is 1. The zero-order valence-electron chi connectivity index (χ0n) is 20.6. The van der Waals surface area contributed by atoms with E-state index in [9.17, 15) is 35.2 Å². The molecule has 3 heterocycles. The van der Waals surface area contributed by atoms with Crippen molar-refractivity contribution in [2.45, 2.75) is 37.5 Å². The Hall–Kier alpha value is -3.52. The van der Waals surface area contributed by atoms with E-state index in [1.54, 1.807) is 0 Å². The Balaban J connectivity index is 1.36. The van der Waals surface area contributed by atoms with Gasteiger partial charge >= 0.3 is 6.18 Å². The van der Waals surface area contributed by atoms with E-state index in [0.717, 1.165) is 47.2 Å². The number of alkyl halides is 3. The number of pyridine rings is 1. The topological polar surface area (TPSA) is 105 Å². The van der Waals surface area contributed by atoms with E-state index >= 15 is 0 Å². The molecule has 3 atom stereocenters. The molecule has 1 saturated heterocycles. The largest absolute Gasteiger partial charge is 0.451 e. The van der Waals surface area contributed by atoms with Gasteiger partial charge in [-0.1, -0.05) is 13.8 Å². The third-order valence-corrected chi connectivity index (χ3v) is 9.31. The average molecular weight is 568 g/mol. The summed E-state index contributed by atoms with van der Waals surface area (Å²) >= 11 is 0. The Bertz CT molecular complexity index is 1530. The third-order valence-electron chi connectivity index (χ3n) is 7.44. The summed E-state index contributed by atoms with van der Waals surface area (Å²) in [5.41, 5.74) is -0.121. The number of amides is 1. The molecule has 0 bridgehead atoms. The van der Waals surface area contributed by atoms with Gasteiger partial charge in [0.1, 0.15) is 17.7 Å². The highest BCUT2D eigenvalue weighted by atomic mass is 32.2. The Morgan fingerprint density at radius 2 is 1.72 bits per heavy atom. The minimum Gasteiger partial charge on any atom is -0.351 e. The summed E-state index contributed by atoms with van der Waals surface area (Å²) in [7, 11) is -4.12. The van der Waals surface area contributed by atoms with Gasteiger partial charge in [0, 0.05) is 36.6 Å². The Morgan fingerprint density at radius 3 is 2.33 bits per heavy atom. The molecule has 2 aliphatic rings. The van der Waals surface area contributed by atoms with E-state index in [0.29, 0.717) is 0 Å². The van der Waals surface area contributed by atoms with Crippen LogP contribution in [-0.4, -0.2) is 46.2 Å². The van der Waals surface area contributed by atoms with Crippen LogP contribution in [0.1, 0.15) is 25.2 Å². The predicted octanol–water partition coefficient (Wildman–Crippen LogP) is 3.80. The zero-order chi connectivity index (χ0) is 28.3. The molecule has 1 aliphatic heterocycles. The van der Waals surface area contributed by atoms with Crippen molar-refractivity contribution in [1.82, 2.24) is 24.6 Å². The average Bonchev–Trinajstić information content (AvgIpc) is 3.21. The number of nitrogens with zero attached hydrogens (tertiary/aromatic N) is 4. The molecule has 206 valence electrons. The molecule has 8 nitrogen and oxygen atoms in total. The van der Waals surface area contributed by atoms with E-state index in [1.165, 1.54) is 6.07 Å². The van der Waals surface area contributed by atoms with Gasteiger partial charge in [0.15, 0.2) is 0 Å². The highest BCUT2D eigenvalue weighted by Crippen LogP contribution is 2.65. The van der Waals surface area contributed by atoms with E-state index in [1.807, 2.05) is 13.8 Å². The zero-order valence-corrected chi connectivity index (χ0v) is 21.4. The third kappa shape index (κ3) is 4.86. The number of hydrogen-bond acceptors (Lipinski definition) is 6. The summed E-state index contributed by atoms with van der Waals surface area (Å²) < 4.78 is 93.9. The normalized spacial score (nSPS) is 22.4. The first kappa shape index (κ1) is 27.1. The van der Waals surface area contributed by atoms with Gasteiger partial charge in [-0.15, -0.1) is 0 Å². The van der Waals surface area contributed by atoms with Crippen LogP contribution in [0.3, 0.4) is 0 Å². The van der Waals surface area contributed by atoms with Crippen molar-refractivity contribution in [2.75, 3.05) is 6.54 Å². The highest BCUT2D eigenvalue weighted by Gasteiger charge is 2.70. The quantitative estimate of drug-likeness (QED) is 0.455. The fourth-order valence-corrected chi connectivity index (χ4v) is 6.83. The van der Waals surface area contributed by atoms with Gasteiger partial charge in [0.2, 0.25) is 21.8 Å². The fourth-order valence-electron chi connectivity index (χ4n) is 5.20. The van der Waals surface area contributed by atoms with Crippen molar-refractivity contribution in [3.8, 4) is 11.3 Å². The number of piperidine rings is 1. The molecule has 1 N–H and O–H groups in total. The molecule has 1 amide bonds. The first-order valence-electron chi connectivity index (χ1n) is 11.8. The molecule has 1 aliphatic carbocycles. The molecular weight excluding hydrogens is 545 g/mol. The number of carbonyl (C=O) groups excluding carboxylic acids is 1. The van der Waals surface area contributed by atoms with Gasteiger partial charge < -0.3 is 5.32 Å². The lowest BCUT2D eigenvalue weighted by Gasteiger charge is -2.29. The molecule has 1 saturated carbocycles. The van der Waals surface area contributed by atoms with Crippen molar-refractivity contribution >= 4 is 15.9 Å². The van der Waals surface area contributed by atoms with Gasteiger partial charge in [0.05, 0.1) is 16.8 Å². The summed E-state index contributed by atoms with van der Waals surface area (Å²) in [6.07, 6.45) is -2.05. The number of sulfonamides is 1. The molecule has 14 heteroatoms. The number of fused-ring (bicyclic) bond motifs is 1. The van der Waals surface area contributed by atoms with E-state index in [2.05, 4.69) is 20.3 Å². The monoisotopic (exact) mass is 567 g/mol. The van der Waals surface area contributed by atoms with Gasteiger partial charge in [-0.3, -0.25) is 9.78 Å². The second-order valence-corrected chi connectivity index (χ2v) is 12.0. The second-order valence-electron chi connectivity index (χ2n) is 10.1. The van der Waals surface area contributed by atoms with Crippen LogP contribution in [0.2, 0.25) is 0 Å². The van der Waals surface area contributed by atoms with Crippen molar-refractivity contribution in [3.05, 3.63) is 71.9 Å². The minimum atomic E-state index is -4.72. The van der Waals surface area contributed by atoms with Gasteiger partial charge in [-0.05, 0) is 47.6 Å². The van der Waals surface area contributed by atoms with Crippen LogP contribution in [0.4, 0.5) is 22.0 Å². The summed E-state index contributed by atoms with van der Waals surface area (Å²) in [6.45, 7) is 3.65. The molecule has 1 aromatic carbocycles. The number of nitrogens with one attached hydrogen (secondary N) is 1. The van der Waals surface area contributed by atoms with E-state index in [-0.39, 0.29) is 52.1 Å². The predicted molar refractivity (Wildman–Crippen MR) is 127 cm³/mol. The minimum absolute atomic E-state index is 0.0224. The first-order chi connectivity index (χ1) is 18.2. The second kappa shape index (κ2) is 9.30. The lowest BCUT2D eigenvalue weighted by Crippen LogP contribution is -2.49. The number of halogens is 5. The molecule has 0 radical (unpaired) electrons. The van der Waals surface area contributed by atoms with Crippen LogP contribution in [0.15, 0.2) is 53.8 Å². The molecule has 5 rings (SSSR count). The van der Waals surface area contributed by atoms with Gasteiger partial charge in [0.25, 0.3) is 0 Å². The molecular formula is C25H22F5N5O3S. The Labute approximate surface area is 220 Å². The maximum Gasteiger partial charge on any atom is 0.451 e. The number of aromatic nitrogens is 3. The van der Waals surface area contributed by atoms with Crippen LogP contribution in [-0.2, 0) is 27.5 Å². The fraction of sp³-hybridized carbons (Fsp3) is 0.360. The first-order valence-corrected chi connectivity index (χ1v) is 13.2. The standard InChI is InChI=1S/C25H22F5N5O3S/c1-24(2)17-12-35(39(37,38)16-5-3-15(26)4-6-16)21(20(17)24)22(36)32-8-13-7-19(31-11-18(13)27)14-9-33-23(34-10-14)25(28,29)30/h3-7,9-11,17,20-21H,8,12H2,1-2H3,(H,32,36)/t17-,20-,21-/m0/s1. The lowest BCUT2D eigenvalue weighted by molar-refractivity contribution is -0.145. The molecule has 0 spiro atoms. The van der Waals surface area contributed by atoms with E-state index in [4.69, 9.17) is 0 Å². The lowest BCUT2D eigenvalue weighted by atomic mass is 10.0. The van der Waals surface area contributed by atoms with Gasteiger partial charge in [-0.25, -0.2) is 27.2 Å². The summed E-state index contributed by atoms with van der Waals surface area (Å²) in [4.78, 5) is 23.6. The van der Waals surface area contributed by atoms with Crippen LogP contribution >= 0.6 is 0 Å². The maximum atomic E-state index is 14.5. The van der Waals surface area contributed by atoms with Crippen LogP contribution in [0, 0.1) is 28.9 Å². The van der Waals surface area contributed by atoms with Crippen molar-refractivity contribution in [2.24, 2.45) is 17.3 Å². The molecule has 39 heavy (non-hydrogen) atoms.